The minimum Gasteiger partial charge on any atom is -0.373 e. The topological polar surface area (TPSA) is 44.4 Å². The third kappa shape index (κ3) is 3.09. The van der Waals surface area contributed by atoms with Gasteiger partial charge >= 0.3 is 0 Å². The lowest BCUT2D eigenvalue weighted by atomic mass is 10.1. The molecule has 1 heterocycles. The molecule has 1 unspecified atom stereocenters. The van der Waals surface area contributed by atoms with Crippen LogP contribution in [0.25, 0.3) is 0 Å². The van der Waals surface area contributed by atoms with Crippen molar-refractivity contribution in [3.8, 4) is 0 Å². The van der Waals surface area contributed by atoms with Crippen molar-refractivity contribution < 1.29 is 4.79 Å². The summed E-state index contributed by atoms with van der Waals surface area (Å²) >= 11 is 3.67. The highest BCUT2D eigenvalue weighted by atomic mass is 79.9. The van der Waals surface area contributed by atoms with Gasteiger partial charge in [0.2, 0.25) is 5.91 Å². The van der Waals surface area contributed by atoms with Gasteiger partial charge in [0.1, 0.15) is 6.04 Å². The summed E-state index contributed by atoms with van der Waals surface area (Å²) in [6, 6.07) is 3.95. The zero-order valence-corrected chi connectivity index (χ0v) is 14.2. The van der Waals surface area contributed by atoms with Gasteiger partial charge in [0, 0.05) is 29.3 Å². The number of amides is 1. The fourth-order valence-electron chi connectivity index (χ4n) is 2.84. The summed E-state index contributed by atoms with van der Waals surface area (Å²) in [5.74, 6) is 0.885. The number of halogens is 1. The molecule has 1 saturated carbocycles. The van der Waals surface area contributed by atoms with E-state index in [1.54, 1.807) is 0 Å². The predicted molar refractivity (Wildman–Crippen MR) is 89.8 cm³/mol. The van der Waals surface area contributed by atoms with Gasteiger partial charge in [0.05, 0.1) is 5.69 Å². The van der Waals surface area contributed by atoms with Crippen LogP contribution in [0.4, 0.5) is 11.4 Å². The minimum atomic E-state index is -0.223. The van der Waals surface area contributed by atoms with E-state index in [1.807, 2.05) is 0 Å². The largest absolute Gasteiger partial charge is 0.373 e. The molecule has 2 aliphatic rings. The van der Waals surface area contributed by atoms with Crippen molar-refractivity contribution in [3.05, 3.63) is 22.2 Å². The lowest BCUT2D eigenvalue weighted by molar-refractivity contribution is -0.117. The number of anilines is 2. The summed E-state index contributed by atoms with van der Waals surface area (Å²) in [5, 5.41) is 6.31. The van der Waals surface area contributed by atoms with Crippen LogP contribution in [-0.2, 0) is 4.79 Å². The van der Waals surface area contributed by atoms with Crippen molar-refractivity contribution in [2.75, 3.05) is 30.4 Å². The van der Waals surface area contributed by atoms with Gasteiger partial charge < -0.3 is 15.5 Å². The molecular formula is C16H22BrN3O. The summed E-state index contributed by atoms with van der Waals surface area (Å²) in [6.07, 6.45) is 3.70. The normalized spacial score (nSPS) is 20.3. The van der Waals surface area contributed by atoms with Crippen LogP contribution in [0.1, 0.15) is 37.8 Å². The zero-order valence-electron chi connectivity index (χ0n) is 12.6. The molecule has 0 radical (unpaired) electrons. The van der Waals surface area contributed by atoms with Crippen LogP contribution < -0.4 is 15.5 Å². The first-order chi connectivity index (χ1) is 10.1. The molecule has 0 aromatic heterocycles. The molecule has 5 heteroatoms. The summed E-state index contributed by atoms with van der Waals surface area (Å²) in [4.78, 5) is 14.4. The Kier molecular flexibility index (Phi) is 4.22. The number of nitrogens with zero attached hydrogens (tertiary/aromatic N) is 1. The maximum atomic E-state index is 12.1. The van der Waals surface area contributed by atoms with Crippen LogP contribution in [0.3, 0.4) is 0 Å². The summed E-state index contributed by atoms with van der Waals surface area (Å²) in [7, 11) is 2.12. The highest BCUT2D eigenvalue weighted by Gasteiger charge is 2.31. The third-order valence-corrected chi connectivity index (χ3v) is 4.82. The average Bonchev–Trinajstić information content (AvgIpc) is 3.20. The van der Waals surface area contributed by atoms with E-state index < -0.39 is 0 Å². The molecule has 0 bridgehead atoms. The molecule has 114 valence electrons. The first-order valence-electron chi connectivity index (χ1n) is 7.69. The lowest BCUT2D eigenvalue weighted by Gasteiger charge is -2.22. The first-order valence-corrected chi connectivity index (χ1v) is 8.48. The number of hydrogen-bond acceptors (Lipinski definition) is 3. The second-order valence-electron chi connectivity index (χ2n) is 6.09. The van der Waals surface area contributed by atoms with Gasteiger partial charge in [-0.2, -0.15) is 0 Å². The number of carbonyl (C=O) groups excluding carboxylic acids is 1. The molecule has 2 N–H and O–H groups in total. The maximum Gasteiger partial charge on any atom is 0.246 e. The van der Waals surface area contributed by atoms with E-state index in [1.165, 1.54) is 12.8 Å². The van der Waals surface area contributed by atoms with E-state index in [2.05, 4.69) is 57.6 Å². The van der Waals surface area contributed by atoms with E-state index in [9.17, 15) is 4.79 Å². The van der Waals surface area contributed by atoms with Crippen molar-refractivity contribution in [3.63, 3.8) is 0 Å². The Morgan fingerprint density at radius 2 is 2.19 bits per heavy atom. The first kappa shape index (κ1) is 14.9. The number of benzene rings is 1. The Morgan fingerprint density at radius 3 is 2.86 bits per heavy atom. The average molecular weight is 352 g/mol. The molecule has 0 saturated heterocycles. The second kappa shape index (κ2) is 5.97. The number of nitrogens with one attached hydrogen (secondary N) is 2. The van der Waals surface area contributed by atoms with Crippen molar-refractivity contribution in [1.29, 1.82) is 0 Å². The highest BCUT2D eigenvalue weighted by Crippen LogP contribution is 2.40. The van der Waals surface area contributed by atoms with Crippen molar-refractivity contribution in [2.24, 2.45) is 5.92 Å². The zero-order chi connectivity index (χ0) is 15.0. The number of rotatable bonds is 6. The van der Waals surface area contributed by atoms with Gasteiger partial charge in [-0.3, -0.25) is 4.79 Å². The molecule has 1 aromatic carbocycles. The molecule has 1 fully saturated rings. The predicted octanol–water partition coefficient (Wildman–Crippen LogP) is 3.29. The van der Waals surface area contributed by atoms with Crippen LogP contribution in [-0.4, -0.2) is 26.0 Å². The smallest absolute Gasteiger partial charge is 0.246 e. The highest BCUT2D eigenvalue weighted by molar-refractivity contribution is 9.10. The van der Waals surface area contributed by atoms with Crippen molar-refractivity contribution in [1.82, 2.24) is 5.32 Å². The molecule has 4 nitrogen and oxygen atoms in total. The Labute approximate surface area is 134 Å². The fraction of sp³-hybridized carbons (Fsp3) is 0.562. The van der Waals surface area contributed by atoms with Gasteiger partial charge in [-0.1, -0.05) is 6.92 Å². The van der Waals surface area contributed by atoms with Crippen LogP contribution in [0, 0.1) is 5.92 Å². The minimum absolute atomic E-state index is 0.0485. The fourth-order valence-corrected chi connectivity index (χ4v) is 3.50. The van der Waals surface area contributed by atoms with Gasteiger partial charge in [-0.05, 0) is 59.8 Å². The van der Waals surface area contributed by atoms with E-state index in [4.69, 9.17) is 0 Å². The molecule has 1 amide bonds. The van der Waals surface area contributed by atoms with E-state index in [0.717, 1.165) is 46.8 Å². The number of hydrogen-bond donors (Lipinski definition) is 2. The van der Waals surface area contributed by atoms with E-state index in [-0.39, 0.29) is 11.9 Å². The van der Waals surface area contributed by atoms with Crippen LogP contribution in [0.2, 0.25) is 0 Å². The standard InChI is InChI=1S/C16H22BrN3O/c1-3-6-18-15-11-7-12(17)14(8-13(11)19-16(15)21)20(2)9-10-4-5-10/h7-8,10,15,18H,3-6,9H2,1-2H3,(H,19,21). The Bertz CT molecular complexity index is 557. The molecular weight excluding hydrogens is 330 g/mol. The second-order valence-corrected chi connectivity index (χ2v) is 6.95. The summed E-state index contributed by atoms with van der Waals surface area (Å²) in [5.41, 5.74) is 3.13. The Hall–Kier alpha value is -1.07. The monoisotopic (exact) mass is 351 g/mol. The molecule has 3 rings (SSSR count). The molecule has 0 spiro atoms. The third-order valence-electron chi connectivity index (χ3n) is 4.19. The quantitative estimate of drug-likeness (QED) is 0.826. The molecule has 1 aliphatic heterocycles. The SMILES string of the molecule is CCCNC1C(=O)Nc2cc(N(C)CC3CC3)c(Br)cc21. The van der Waals surface area contributed by atoms with Crippen molar-refractivity contribution >= 4 is 33.2 Å². The van der Waals surface area contributed by atoms with Gasteiger partial charge in [-0.15, -0.1) is 0 Å². The maximum absolute atomic E-state index is 12.1. The molecule has 1 aliphatic carbocycles. The van der Waals surface area contributed by atoms with E-state index >= 15 is 0 Å². The van der Waals surface area contributed by atoms with Crippen LogP contribution in [0.15, 0.2) is 16.6 Å². The Morgan fingerprint density at radius 1 is 1.43 bits per heavy atom. The molecule has 1 atom stereocenters. The summed E-state index contributed by atoms with van der Waals surface area (Å²) < 4.78 is 1.06. The number of fused-ring (bicyclic) bond motifs is 1. The van der Waals surface area contributed by atoms with Gasteiger partial charge in [0.15, 0.2) is 0 Å². The van der Waals surface area contributed by atoms with Crippen LogP contribution >= 0.6 is 15.9 Å². The van der Waals surface area contributed by atoms with Crippen molar-refractivity contribution in [2.45, 2.75) is 32.2 Å². The molecule has 21 heavy (non-hydrogen) atoms. The molecule has 1 aromatic rings. The number of carbonyl (C=O) groups is 1. The van der Waals surface area contributed by atoms with Gasteiger partial charge in [0.25, 0.3) is 0 Å². The van der Waals surface area contributed by atoms with Crippen LogP contribution in [0.5, 0.6) is 0 Å². The summed E-state index contributed by atoms with van der Waals surface area (Å²) in [6.45, 7) is 4.04. The van der Waals surface area contributed by atoms with Gasteiger partial charge in [-0.25, -0.2) is 0 Å². The van der Waals surface area contributed by atoms with E-state index in [0.29, 0.717) is 0 Å². The Balaban J connectivity index is 1.84. The lowest BCUT2D eigenvalue weighted by Crippen LogP contribution is -2.28.